The Morgan fingerprint density at radius 2 is 0.485 bits per heavy atom. The quantitative estimate of drug-likeness (QED) is 0.286. The number of halogens is 21. The molecule has 0 atom stereocenters. The number of hydrogen-bond donors (Lipinski definition) is 0. The third-order valence-corrected chi connectivity index (χ3v) is 3.76. The van der Waals surface area contributed by atoms with Crippen molar-refractivity contribution in [1.29, 1.82) is 0 Å². The van der Waals surface area contributed by atoms with E-state index < -0.39 is 66.1 Å². The summed E-state index contributed by atoms with van der Waals surface area (Å²) in [5.74, 6) is -77.7. The van der Waals surface area contributed by atoms with Crippen LogP contribution < -0.4 is 0 Å². The molecule has 1 nitrogen and oxygen atoms in total. The Labute approximate surface area is 165 Å². The molecule has 0 rings (SSSR count). The van der Waals surface area contributed by atoms with Crippen molar-refractivity contribution in [2.75, 3.05) is 6.61 Å². The molecule has 0 aliphatic heterocycles. The van der Waals surface area contributed by atoms with Gasteiger partial charge in [-0.2, -0.15) is 92.2 Å². The van der Waals surface area contributed by atoms with Crippen LogP contribution in [-0.4, -0.2) is 66.1 Å². The zero-order valence-corrected chi connectivity index (χ0v) is 14.1. The van der Waals surface area contributed by atoms with Gasteiger partial charge in [0.1, 0.15) is 0 Å². The zero-order valence-electron chi connectivity index (χ0n) is 14.1. The fraction of sp³-hybridized carbons (Fsp3) is 1.00. The SMILES string of the molecule is [O]CC(F)(F)C(F)(F)C(F)(F)C(F)(F)C(F)(F)C(F)(F)C(F)(F)C(F)(F)C(F)(F)C(F)(F)F. The average molecular weight is 549 g/mol. The van der Waals surface area contributed by atoms with E-state index in [0.29, 0.717) is 0 Å². The van der Waals surface area contributed by atoms with Crippen molar-refractivity contribution in [1.82, 2.24) is 0 Å². The molecule has 199 valence electrons. The van der Waals surface area contributed by atoms with E-state index in [1.165, 1.54) is 0 Å². The summed E-state index contributed by atoms with van der Waals surface area (Å²) < 4.78 is 269. The van der Waals surface area contributed by atoms with E-state index in [4.69, 9.17) is 0 Å². The van der Waals surface area contributed by atoms with Crippen LogP contribution >= 0.6 is 0 Å². The van der Waals surface area contributed by atoms with E-state index in [2.05, 4.69) is 0 Å². The van der Waals surface area contributed by atoms with Crippen molar-refractivity contribution >= 4 is 0 Å². The zero-order chi connectivity index (χ0) is 27.7. The number of alkyl halides is 21. The summed E-state index contributed by atoms with van der Waals surface area (Å²) in [6.07, 6.45) is -8.01. The molecule has 1 radical (unpaired) electrons. The first-order chi connectivity index (χ1) is 13.8. The topological polar surface area (TPSA) is 19.9 Å². The van der Waals surface area contributed by atoms with Crippen molar-refractivity contribution in [2.45, 2.75) is 59.5 Å². The minimum absolute atomic E-state index is 3.88. The van der Waals surface area contributed by atoms with E-state index >= 15 is 0 Å². The van der Waals surface area contributed by atoms with Gasteiger partial charge in [-0.05, 0) is 0 Å². The van der Waals surface area contributed by atoms with Crippen LogP contribution in [0.5, 0.6) is 0 Å². The molecule has 0 aromatic heterocycles. The number of rotatable bonds is 9. The first-order valence-corrected chi connectivity index (χ1v) is 6.86. The lowest BCUT2D eigenvalue weighted by atomic mass is 9.86. The maximum Gasteiger partial charge on any atom is 0.460 e. The molecule has 0 spiro atoms. The monoisotopic (exact) mass is 549 g/mol. The second kappa shape index (κ2) is 7.49. The summed E-state index contributed by atoms with van der Waals surface area (Å²) in [7, 11) is 0. The Morgan fingerprint density at radius 1 is 0.303 bits per heavy atom. The van der Waals surface area contributed by atoms with Gasteiger partial charge >= 0.3 is 59.5 Å². The van der Waals surface area contributed by atoms with Gasteiger partial charge in [-0.1, -0.05) is 0 Å². The van der Waals surface area contributed by atoms with Gasteiger partial charge in [0.15, 0.2) is 6.61 Å². The van der Waals surface area contributed by atoms with E-state index in [0.717, 1.165) is 0 Å². The second-order valence-electron chi connectivity index (χ2n) is 5.94. The molecular weight excluding hydrogens is 547 g/mol. The minimum Gasteiger partial charge on any atom is -0.230 e. The van der Waals surface area contributed by atoms with Crippen LogP contribution in [0.4, 0.5) is 92.2 Å². The summed E-state index contributed by atoms with van der Waals surface area (Å²) in [4.78, 5) is 0. The van der Waals surface area contributed by atoms with E-state index in [-0.39, 0.29) is 0 Å². The summed E-state index contributed by atoms with van der Waals surface area (Å²) in [6.45, 7) is -3.88. The fourth-order valence-corrected chi connectivity index (χ4v) is 1.68. The molecule has 0 aromatic rings. The first kappa shape index (κ1) is 31.5. The van der Waals surface area contributed by atoms with Gasteiger partial charge in [0.05, 0.1) is 0 Å². The molecule has 0 aliphatic rings. The van der Waals surface area contributed by atoms with Crippen LogP contribution in [0.25, 0.3) is 0 Å². The molecule has 0 amide bonds. The molecule has 0 N–H and O–H groups in total. The standard InChI is InChI=1S/C11H2F21O/c12-2(13,1-33)3(14,15)4(16,17)5(18,19)6(20,21)7(22,23)8(24,25)9(26,27)10(28,29)11(30,31)32/h1H2. The lowest BCUT2D eigenvalue weighted by molar-refractivity contribution is -0.474. The molecule has 0 bridgehead atoms. The Hall–Kier alpha value is -1.51. The van der Waals surface area contributed by atoms with Crippen molar-refractivity contribution in [3.05, 3.63) is 0 Å². The highest BCUT2D eigenvalue weighted by atomic mass is 19.4. The first-order valence-electron chi connectivity index (χ1n) is 6.86. The number of hydrogen-bond acceptors (Lipinski definition) is 0. The van der Waals surface area contributed by atoms with Crippen LogP contribution in [0, 0.1) is 0 Å². The van der Waals surface area contributed by atoms with Gasteiger partial charge in [-0.15, -0.1) is 0 Å². The molecule has 0 saturated carbocycles. The van der Waals surface area contributed by atoms with Gasteiger partial charge in [0.25, 0.3) is 0 Å². The van der Waals surface area contributed by atoms with E-state index in [1.807, 2.05) is 0 Å². The molecule has 33 heavy (non-hydrogen) atoms. The molecule has 0 aliphatic carbocycles. The molecule has 0 unspecified atom stereocenters. The van der Waals surface area contributed by atoms with Gasteiger partial charge in [0, 0.05) is 0 Å². The minimum atomic E-state index is -9.20. The van der Waals surface area contributed by atoms with Crippen LogP contribution in [0.1, 0.15) is 0 Å². The van der Waals surface area contributed by atoms with Crippen molar-refractivity contribution in [3.63, 3.8) is 0 Å². The molecule has 0 heterocycles. The van der Waals surface area contributed by atoms with Crippen LogP contribution in [0.3, 0.4) is 0 Å². The summed E-state index contributed by atoms with van der Waals surface area (Å²) in [6, 6.07) is 0. The highest BCUT2D eigenvalue weighted by Gasteiger charge is 2.97. The van der Waals surface area contributed by atoms with Crippen LogP contribution in [0.15, 0.2) is 0 Å². The lowest BCUT2D eigenvalue weighted by Crippen LogP contribution is -2.77. The Kier molecular flexibility index (Phi) is 7.15. The molecule has 0 aromatic carbocycles. The molecular formula is C11H2F21O. The Bertz CT molecular complexity index is 714. The normalized spacial score (nSPS) is 16.9. The third-order valence-electron chi connectivity index (χ3n) is 3.76. The predicted octanol–water partition coefficient (Wildman–Crippen LogP) is 6.70. The maximum absolute atomic E-state index is 13.2. The second-order valence-corrected chi connectivity index (χ2v) is 5.94. The molecule has 22 heteroatoms. The summed E-state index contributed by atoms with van der Waals surface area (Å²) >= 11 is 0. The lowest BCUT2D eigenvalue weighted by Gasteiger charge is -2.44. The fourth-order valence-electron chi connectivity index (χ4n) is 1.68. The van der Waals surface area contributed by atoms with Gasteiger partial charge in [-0.3, -0.25) is 0 Å². The third kappa shape index (κ3) is 3.64. The van der Waals surface area contributed by atoms with Gasteiger partial charge in [0.2, 0.25) is 0 Å². The van der Waals surface area contributed by atoms with Crippen LogP contribution in [0.2, 0.25) is 0 Å². The van der Waals surface area contributed by atoms with Gasteiger partial charge in [-0.25, -0.2) is 5.11 Å². The van der Waals surface area contributed by atoms with Crippen LogP contribution in [-0.2, 0) is 5.11 Å². The smallest absolute Gasteiger partial charge is 0.230 e. The average Bonchev–Trinajstić information content (AvgIpc) is 2.59. The van der Waals surface area contributed by atoms with Crippen molar-refractivity contribution in [3.8, 4) is 0 Å². The molecule has 0 saturated heterocycles. The van der Waals surface area contributed by atoms with Crippen molar-refractivity contribution in [2.24, 2.45) is 0 Å². The summed E-state index contributed by atoms with van der Waals surface area (Å²) in [5, 5.41) is 9.76. The van der Waals surface area contributed by atoms with Crippen molar-refractivity contribution < 1.29 is 97.3 Å². The van der Waals surface area contributed by atoms with E-state index in [9.17, 15) is 97.3 Å². The predicted molar refractivity (Wildman–Crippen MR) is 56.1 cm³/mol. The molecule has 0 fully saturated rings. The van der Waals surface area contributed by atoms with E-state index in [1.54, 1.807) is 0 Å². The largest absolute Gasteiger partial charge is 0.460 e. The highest BCUT2D eigenvalue weighted by Crippen LogP contribution is 2.66. The Balaban J connectivity index is 7.03. The van der Waals surface area contributed by atoms with Gasteiger partial charge < -0.3 is 0 Å². The summed E-state index contributed by atoms with van der Waals surface area (Å²) in [5.41, 5.74) is 0. The highest BCUT2D eigenvalue weighted by molar-refractivity contribution is 5.17. The maximum atomic E-state index is 13.2. The Morgan fingerprint density at radius 3 is 0.667 bits per heavy atom.